The van der Waals surface area contributed by atoms with Gasteiger partial charge in [0.25, 0.3) is 5.91 Å². The molecule has 0 atom stereocenters. The van der Waals surface area contributed by atoms with Crippen LogP contribution in [-0.4, -0.2) is 54.3 Å². The fraction of sp³-hybridized carbons (Fsp3) is 0.474. The highest BCUT2D eigenvalue weighted by Crippen LogP contribution is 2.21. The number of nitrogens with zero attached hydrogens (tertiary/aromatic N) is 3. The van der Waals surface area contributed by atoms with Gasteiger partial charge in [-0.25, -0.2) is 17.4 Å². The van der Waals surface area contributed by atoms with Gasteiger partial charge in [-0.2, -0.15) is 5.10 Å². The first kappa shape index (κ1) is 22.4. The van der Waals surface area contributed by atoms with Crippen molar-refractivity contribution in [2.24, 2.45) is 0 Å². The van der Waals surface area contributed by atoms with Gasteiger partial charge in [-0.15, -0.1) is 0 Å². The van der Waals surface area contributed by atoms with E-state index >= 15 is 0 Å². The number of rotatable bonds is 9. The van der Waals surface area contributed by atoms with Crippen LogP contribution in [0.4, 0.5) is 0 Å². The molecular formula is C19H27ClN4O3S. The molecule has 0 saturated carbocycles. The zero-order chi connectivity index (χ0) is 20.9. The monoisotopic (exact) mass is 426 g/mol. The number of hydrogen-bond donors (Lipinski definition) is 1. The second-order valence-corrected chi connectivity index (χ2v) is 9.45. The molecule has 2 aromatic rings. The van der Waals surface area contributed by atoms with Crippen LogP contribution in [0.1, 0.15) is 40.5 Å². The van der Waals surface area contributed by atoms with Crippen LogP contribution in [0.15, 0.2) is 24.3 Å². The Hall–Kier alpha value is -1.90. The van der Waals surface area contributed by atoms with Gasteiger partial charge >= 0.3 is 0 Å². The maximum Gasteiger partial charge on any atom is 0.256 e. The van der Waals surface area contributed by atoms with Gasteiger partial charge < -0.3 is 5.32 Å². The molecule has 0 spiro atoms. The van der Waals surface area contributed by atoms with E-state index in [0.717, 1.165) is 5.56 Å². The summed E-state index contributed by atoms with van der Waals surface area (Å²) in [5, 5.41) is 7.47. The molecule has 0 unspecified atom stereocenters. The topological polar surface area (TPSA) is 84.3 Å². The lowest BCUT2D eigenvalue weighted by molar-refractivity contribution is 0.0952. The van der Waals surface area contributed by atoms with Crippen molar-refractivity contribution in [1.82, 2.24) is 19.4 Å². The minimum absolute atomic E-state index is 0.0603. The summed E-state index contributed by atoms with van der Waals surface area (Å²) in [5.41, 5.74) is 3.12. The highest BCUT2D eigenvalue weighted by atomic mass is 35.5. The van der Waals surface area contributed by atoms with Crippen LogP contribution in [0.3, 0.4) is 0 Å². The zero-order valence-electron chi connectivity index (χ0n) is 16.7. The van der Waals surface area contributed by atoms with Gasteiger partial charge in [-0.1, -0.05) is 41.4 Å². The van der Waals surface area contributed by atoms with E-state index in [0.29, 0.717) is 42.5 Å². The molecule has 28 heavy (non-hydrogen) atoms. The predicted octanol–water partition coefficient (Wildman–Crippen LogP) is 2.60. The number of hydrogen-bond acceptors (Lipinski definition) is 4. The molecule has 0 aliphatic heterocycles. The van der Waals surface area contributed by atoms with E-state index in [1.165, 1.54) is 16.9 Å². The molecule has 9 heteroatoms. The Labute approximate surface area is 171 Å². The highest BCUT2D eigenvalue weighted by Gasteiger charge is 2.20. The van der Waals surface area contributed by atoms with Gasteiger partial charge in [0.15, 0.2) is 0 Å². The first-order valence-corrected chi connectivity index (χ1v) is 11.1. The minimum atomic E-state index is -3.21. The van der Waals surface area contributed by atoms with Crippen molar-refractivity contribution < 1.29 is 13.2 Å². The minimum Gasteiger partial charge on any atom is -0.352 e. The van der Waals surface area contributed by atoms with Crippen LogP contribution in [0.5, 0.6) is 0 Å². The van der Waals surface area contributed by atoms with Gasteiger partial charge in [0.05, 0.1) is 23.6 Å². The Balaban J connectivity index is 1.96. The first-order valence-electron chi connectivity index (χ1n) is 9.16. The smallest absolute Gasteiger partial charge is 0.256 e. The maximum absolute atomic E-state index is 12.5. The number of aromatic nitrogens is 2. The van der Waals surface area contributed by atoms with Crippen molar-refractivity contribution in [2.45, 2.75) is 33.7 Å². The maximum atomic E-state index is 12.5. The van der Waals surface area contributed by atoms with Gasteiger partial charge in [-0.05, 0) is 32.8 Å². The average molecular weight is 427 g/mol. The van der Waals surface area contributed by atoms with Crippen LogP contribution in [0, 0.1) is 13.8 Å². The Morgan fingerprint density at radius 2 is 1.89 bits per heavy atom. The fourth-order valence-electron chi connectivity index (χ4n) is 2.73. The van der Waals surface area contributed by atoms with Gasteiger partial charge in [-0.3, -0.25) is 4.79 Å². The summed E-state index contributed by atoms with van der Waals surface area (Å²) in [6, 6.07) is 8.04. The Morgan fingerprint density at radius 1 is 1.25 bits per heavy atom. The molecule has 1 heterocycles. The summed E-state index contributed by atoms with van der Waals surface area (Å²) < 4.78 is 26.4. The van der Waals surface area contributed by atoms with E-state index in [-0.39, 0.29) is 11.7 Å². The summed E-state index contributed by atoms with van der Waals surface area (Å²) in [5.74, 6) is -0.246. The third kappa shape index (κ3) is 5.56. The molecule has 7 nitrogen and oxygen atoms in total. The molecule has 1 aromatic carbocycles. The van der Waals surface area contributed by atoms with Crippen LogP contribution >= 0.6 is 11.6 Å². The van der Waals surface area contributed by atoms with E-state index < -0.39 is 10.0 Å². The second kappa shape index (κ2) is 9.54. The molecule has 1 N–H and O–H groups in total. The normalized spacial score (nSPS) is 11.8. The van der Waals surface area contributed by atoms with E-state index in [1.807, 2.05) is 31.2 Å². The van der Waals surface area contributed by atoms with Crippen molar-refractivity contribution in [3.05, 3.63) is 51.8 Å². The third-order valence-corrected chi connectivity index (χ3v) is 6.77. The van der Waals surface area contributed by atoms with Gasteiger partial charge in [0.2, 0.25) is 10.0 Å². The van der Waals surface area contributed by atoms with Crippen molar-refractivity contribution in [2.75, 3.05) is 25.9 Å². The molecule has 1 aromatic heterocycles. The van der Waals surface area contributed by atoms with E-state index in [1.54, 1.807) is 18.5 Å². The van der Waals surface area contributed by atoms with E-state index in [2.05, 4.69) is 10.4 Å². The van der Waals surface area contributed by atoms with Gasteiger partial charge in [0, 0.05) is 20.1 Å². The summed E-state index contributed by atoms with van der Waals surface area (Å²) >= 11 is 6.40. The predicted molar refractivity (Wildman–Crippen MR) is 111 cm³/mol. The number of sulfonamides is 1. The van der Waals surface area contributed by atoms with Crippen molar-refractivity contribution >= 4 is 27.5 Å². The summed E-state index contributed by atoms with van der Waals surface area (Å²) in [7, 11) is -1.67. The van der Waals surface area contributed by atoms with Crippen LogP contribution in [-0.2, 0) is 16.6 Å². The Bertz CT molecular complexity index is 923. The molecule has 154 valence electrons. The number of carbonyl (C=O) groups excluding carboxylic acids is 1. The molecule has 0 bridgehead atoms. The van der Waals surface area contributed by atoms with Crippen LogP contribution in [0.25, 0.3) is 0 Å². The van der Waals surface area contributed by atoms with Gasteiger partial charge in [0.1, 0.15) is 5.15 Å². The summed E-state index contributed by atoms with van der Waals surface area (Å²) in [4.78, 5) is 12.5. The molecule has 1 amide bonds. The second-order valence-electron chi connectivity index (χ2n) is 6.73. The van der Waals surface area contributed by atoms with Crippen LogP contribution < -0.4 is 5.32 Å². The highest BCUT2D eigenvalue weighted by molar-refractivity contribution is 7.89. The Kier molecular flexibility index (Phi) is 7.63. The number of halogens is 1. The third-order valence-electron chi connectivity index (χ3n) is 4.52. The SMILES string of the molecule is CCS(=O)(=O)N(C)CCCNC(=O)c1c(C)nn(Cc2ccc(C)cc2)c1Cl. The fourth-order valence-corrected chi connectivity index (χ4v) is 3.90. The Morgan fingerprint density at radius 3 is 2.50 bits per heavy atom. The molecule has 0 aliphatic rings. The molecule has 2 rings (SSSR count). The average Bonchev–Trinajstić information content (AvgIpc) is 2.93. The quantitative estimate of drug-likeness (QED) is 0.624. The number of carbonyl (C=O) groups is 1. The first-order chi connectivity index (χ1) is 13.2. The molecule has 0 aliphatic carbocycles. The number of aryl methyl sites for hydroxylation is 2. The molecule has 0 radical (unpaired) electrons. The van der Waals surface area contributed by atoms with Crippen molar-refractivity contribution in [3.63, 3.8) is 0 Å². The van der Waals surface area contributed by atoms with Crippen molar-refractivity contribution in [1.29, 1.82) is 0 Å². The van der Waals surface area contributed by atoms with E-state index in [4.69, 9.17) is 11.6 Å². The lowest BCUT2D eigenvalue weighted by Gasteiger charge is -2.15. The number of amides is 1. The lowest BCUT2D eigenvalue weighted by Crippen LogP contribution is -2.32. The van der Waals surface area contributed by atoms with Crippen LogP contribution in [0.2, 0.25) is 5.15 Å². The molecule has 0 fully saturated rings. The lowest BCUT2D eigenvalue weighted by atomic mass is 10.1. The molecular weight excluding hydrogens is 400 g/mol. The standard InChI is InChI=1S/C19H27ClN4O3S/c1-5-28(26,27)23(4)12-6-11-21-19(25)17-15(3)22-24(18(17)20)13-16-9-7-14(2)8-10-16/h7-10H,5-6,11-13H2,1-4H3,(H,21,25). The summed E-state index contributed by atoms with van der Waals surface area (Å²) in [6.45, 7) is 6.54. The summed E-state index contributed by atoms with van der Waals surface area (Å²) in [6.07, 6.45) is 0.510. The largest absolute Gasteiger partial charge is 0.352 e. The van der Waals surface area contributed by atoms with Crippen molar-refractivity contribution in [3.8, 4) is 0 Å². The molecule has 0 saturated heterocycles. The van der Waals surface area contributed by atoms with E-state index in [9.17, 15) is 13.2 Å². The zero-order valence-corrected chi connectivity index (χ0v) is 18.3. The number of nitrogens with one attached hydrogen (secondary N) is 1. The number of benzene rings is 1.